The topological polar surface area (TPSA) is 66.8 Å². The number of aliphatic carboxylic acids is 1. The van der Waals surface area contributed by atoms with Gasteiger partial charge in [0.05, 0.1) is 0 Å². The monoisotopic (exact) mass is 259 g/mol. The fraction of sp³-hybridized carbons (Fsp3) is 0.833. The van der Waals surface area contributed by atoms with Crippen LogP contribution in [0.15, 0.2) is 0 Å². The van der Waals surface area contributed by atoms with E-state index in [0.717, 1.165) is 0 Å². The molecule has 0 aromatic rings. The number of carbonyl (C=O) groups excluding carboxylic acids is 1. The first-order valence-corrected chi connectivity index (χ1v) is 6.09. The minimum absolute atomic E-state index is 0.216. The Hall–Kier alpha value is -1.33. The maximum absolute atomic E-state index is 13.6. The molecule has 0 spiro atoms. The number of hydrogen-bond donors (Lipinski definition) is 1. The third-order valence-corrected chi connectivity index (χ3v) is 3.46. The second-order valence-electron chi connectivity index (χ2n) is 5.98. The van der Waals surface area contributed by atoms with Crippen molar-refractivity contribution in [1.82, 2.24) is 4.90 Å². The van der Waals surface area contributed by atoms with Crippen LogP contribution in [-0.4, -0.2) is 45.9 Å². The van der Waals surface area contributed by atoms with Gasteiger partial charge in [0, 0.05) is 12.0 Å². The number of halogens is 1. The molecule has 1 aliphatic carbocycles. The lowest BCUT2D eigenvalue weighted by molar-refractivity contribution is -0.146. The number of nitrogens with zero attached hydrogens (tertiary/aromatic N) is 1. The van der Waals surface area contributed by atoms with E-state index < -0.39 is 35.8 Å². The van der Waals surface area contributed by atoms with Crippen LogP contribution in [0, 0.1) is 5.92 Å². The lowest BCUT2D eigenvalue weighted by Crippen LogP contribution is -2.53. The van der Waals surface area contributed by atoms with E-state index in [1.54, 1.807) is 20.8 Å². The maximum atomic E-state index is 13.6. The molecule has 4 atom stereocenters. The van der Waals surface area contributed by atoms with Crippen molar-refractivity contribution in [2.45, 2.75) is 57.5 Å². The molecule has 1 heterocycles. The van der Waals surface area contributed by atoms with Gasteiger partial charge in [-0.2, -0.15) is 0 Å². The summed E-state index contributed by atoms with van der Waals surface area (Å²) in [7, 11) is 0. The van der Waals surface area contributed by atoms with E-state index in [-0.39, 0.29) is 12.5 Å². The predicted octanol–water partition coefficient (Wildman–Crippen LogP) is 1.81. The third-order valence-electron chi connectivity index (χ3n) is 3.46. The first kappa shape index (κ1) is 13.1. The first-order chi connectivity index (χ1) is 8.20. The number of piperidine rings is 1. The fourth-order valence-electron chi connectivity index (χ4n) is 2.86. The Morgan fingerprint density at radius 1 is 1.33 bits per heavy atom. The summed E-state index contributed by atoms with van der Waals surface area (Å²) >= 11 is 0. The Balaban J connectivity index is 2.17. The molecule has 1 aliphatic heterocycles. The highest BCUT2D eigenvalue weighted by Crippen LogP contribution is 2.44. The fourth-order valence-corrected chi connectivity index (χ4v) is 2.86. The highest BCUT2D eigenvalue weighted by atomic mass is 19.1. The van der Waals surface area contributed by atoms with Gasteiger partial charge in [-0.25, -0.2) is 14.0 Å². The zero-order valence-corrected chi connectivity index (χ0v) is 10.7. The summed E-state index contributed by atoms with van der Waals surface area (Å²) in [6.45, 7) is 5.15. The molecule has 18 heavy (non-hydrogen) atoms. The summed E-state index contributed by atoms with van der Waals surface area (Å²) in [6, 6.07) is -1.44. The van der Waals surface area contributed by atoms with Crippen LogP contribution in [0.5, 0.6) is 0 Å². The Bertz CT molecular complexity index is 379. The quantitative estimate of drug-likeness (QED) is 0.779. The molecule has 0 aromatic heterocycles. The van der Waals surface area contributed by atoms with Gasteiger partial charge in [-0.05, 0) is 33.6 Å². The second kappa shape index (κ2) is 4.10. The molecule has 2 rings (SSSR count). The van der Waals surface area contributed by atoms with Gasteiger partial charge in [0.1, 0.15) is 17.8 Å². The number of fused-ring (bicyclic) bond motifs is 2. The molecule has 6 heteroatoms. The second-order valence-corrected chi connectivity index (χ2v) is 5.98. The van der Waals surface area contributed by atoms with Crippen molar-refractivity contribution in [1.29, 1.82) is 0 Å². The minimum atomic E-state index is -1.16. The van der Waals surface area contributed by atoms with E-state index in [0.29, 0.717) is 6.42 Å². The van der Waals surface area contributed by atoms with Crippen LogP contribution in [-0.2, 0) is 9.53 Å². The van der Waals surface area contributed by atoms with Crippen LogP contribution < -0.4 is 0 Å². The predicted molar refractivity (Wildman–Crippen MR) is 60.9 cm³/mol. The van der Waals surface area contributed by atoms with Gasteiger partial charge in [0.25, 0.3) is 0 Å². The summed E-state index contributed by atoms with van der Waals surface area (Å²) in [5, 5.41) is 9.15. The number of carbonyl (C=O) groups is 2. The molecule has 2 aliphatic rings. The van der Waals surface area contributed by atoms with E-state index in [1.807, 2.05) is 0 Å². The van der Waals surface area contributed by atoms with E-state index in [1.165, 1.54) is 4.90 Å². The van der Waals surface area contributed by atoms with Crippen molar-refractivity contribution in [3.05, 3.63) is 0 Å². The number of ether oxygens (including phenoxy) is 1. The SMILES string of the molecule is CC(C)(C)OC(=O)N1[C@@H]2C[C@@H]([C@H](F)C2)[C@H]1C(=O)O. The highest BCUT2D eigenvalue weighted by molar-refractivity contribution is 5.82. The van der Waals surface area contributed by atoms with E-state index in [4.69, 9.17) is 9.84 Å². The van der Waals surface area contributed by atoms with Gasteiger partial charge in [-0.1, -0.05) is 0 Å². The maximum Gasteiger partial charge on any atom is 0.411 e. The van der Waals surface area contributed by atoms with Crippen molar-refractivity contribution >= 4 is 12.1 Å². The summed E-state index contributed by atoms with van der Waals surface area (Å²) in [4.78, 5) is 24.4. The van der Waals surface area contributed by atoms with Gasteiger partial charge in [-0.15, -0.1) is 0 Å². The van der Waals surface area contributed by atoms with Gasteiger partial charge >= 0.3 is 12.1 Å². The van der Waals surface area contributed by atoms with Gasteiger partial charge in [0.15, 0.2) is 0 Å². The highest BCUT2D eigenvalue weighted by Gasteiger charge is 2.57. The van der Waals surface area contributed by atoms with Crippen LogP contribution in [0.25, 0.3) is 0 Å². The van der Waals surface area contributed by atoms with Crippen LogP contribution in [0.3, 0.4) is 0 Å². The van der Waals surface area contributed by atoms with E-state index >= 15 is 0 Å². The molecule has 102 valence electrons. The number of amides is 1. The Morgan fingerprint density at radius 2 is 1.94 bits per heavy atom. The van der Waals surface area contributed by atoms with E-state index in [2.05, 4.69) is 0 Å². The molecular formula is C12H18FNO4. The Kier molecular flexibility index (Phi) is 2.99. The number of alkyl halides is 1. The number of carboxylic acids is 1. The molecule has 0 radical (unpaired) electrons. The third kappa shape index (κ3) is 2.15. The van der Waals surface area contributed by atoms with Gasteiger partial charge in [0.2, 0.25) is 0 Å². The number of likely N-dealkylation sites (tertiary alicyclic amines) is 1. The summed E-state index contributed by atoms with van der Waals surface area (Å²) in [5.41, 5.74) is -0.683. The standard InChI is InChI=1S/C12H18FNO4/c1-12(2,3)18-11(17)14-6-4-7(8(13)5-6)9(14)10(15)16/h6-9H,4-5H2,1-3H3,(H,15,16)/t6-,7+,8-,9+/m1/s1. The van der Waals surface area contributed by atoms with Crippen molar-refractivity contribution < 1.29 is 23.8 Å². The molecule has 0 aromatic carbocycles. The Labute approximate surface area is 105 Å². The average Bonchev–Trinajstić information content (AvgIpc) is 2.69. The molecule has 1 saturated heterocycles. The summed E-state index contributed by atoms with van der Waals surface area (Å²) in [5.74, 6) is -1.75. The molecule has 5 nitrogen and oxygen atoms in total. The first-order valence-electron chi connectivity index (χ1n) is 6.09. The summed E-state index contributed by atoms with van der Waals surface area (Å²) < 4.78 is 18.8. The number of rotatable bonds is 1. The molecule has 1 saturated carbocycles. The van der Waals surface area contributed by atoms with Gasteiger partial charge < -0.3 is 9.84 Å². The Morgan fingerprint density at radius 3 is 2.44 bits per heavy atom. The smallest absolute Gasteiger partial charge is 0.411 e. The molecular weight excluding hydrogens is 241 g/mol. The number of hydrogen-bond acceptors (Lipinski definition) is 3. The number of carboxylic acid groups (broad SMARTS) is 1. The van der Waals surface area contributed by atoms with Crippen LogP contribution in [0.4, 0.5) is 9.18 Å². The zero-order valence-electron chi connectivity index (χ0n) is 10.7. The van der Waals surface area contributed by atoms with E-state index in [9.17, 15) is 14.0 Å². The van der Waals surface area contributed by atoms with Crippen molar-refractivity contribution in [3.8, 4) is 0 Å². The normalized spacial score (nSPS) is 34.8. The minimum Gasteiger partial charge on any atom is -0.480 e. The van der Waals surface area contributed by atoms with Crippen LogP contribution in [0.1, 0.15) is 33.6 Å². The molecule has 1 amide bonds. The average molecular weight is 259 g/mol. The molecule has 2 bridgehead atoms. The van der Waals surface area contributed by atoms with Crippen molar-refractivity contribution in [3.63, 3.8) is 0 Å². The van der Waals surface area contributed by atoms with Crippen molar-refractivity contribution in [2.24, 2.45) is 5.92 Å². The summed E-state index contributed by atoms with van der Waals surface area (Å²) in [6.07, 6.45) is -1.16. The largest absolute Gasteiger partial charge is 0.480 e. The molecule has 2 fully saturated rings. The van der Waals surface area contributed by atoms with Crippen LogP contribution >= 0.6 is 0 Å². The molecule has 1 N–H and O–H groups in total. The van der Waals surface area contributed by atoms with Crippen molar-refractivity contribution in [2.75, 3.05) is 0 Å². The molecule has 0 unspecified atom stereocenters. The zero-order chi connectivity index (χ0) is 13.7. The van der Waals surface area contributed by atoms with Crippen LogP contribution in [0.2, 0.25) is 0 Å². The lowest BCUT2D eigenvalue weighted by Gasteiger charge is -2.35. The lowest BCUT2D eigenvalue weighted by atomic mass is 9.97. The van der Waals surface area contributed by atoms with Gasteiger partial charge in [-0.3, -0.25) is 4.90 Å².